The highest BCUT2D eigenvalue weighted by Crippen LogP contribution is 2.01. The molecule has 0 radical (unpaired) electrons. The molecule has 0 saturated heterocycles. The van der Waals surface area contributed by atoms with Gasteiger partial charge in [-0.2, -0.15) is 0 Å². The maximum absolute atomic E-state index is 10.6. The van der Waals surface area contributed by atoms with Gasteiger partial charge in [-0.15, -0.1) is 0 Å². The minimum Gasteiger partial charge on any atom is -0.306 e. The Kier molecular flexibility index (Phi) is 1.58. The molecule has 0 aromatic carbocycles. The molecule has 0 amide bonds. The van der Waals surface area contributed by atoms with Crippen LogP contribution in [-0.2, 0) is 0 Å². The van der Waals surface area contributed by atoms with Crippen molar-refractivity contribution in [3.63, 3.8) is 0 Å². The lowest BCUT2D eigenvalue weighted by Gasteiger charge is -1.84. The summed E-state index contributed by atoms with van der Waals surface area (Å²) in [5.41, 5.74) is 1.13. The van der Waals surface area contributed by atoms with Gasteiger partial charge in [0.15, 0.2) is 0 Å². The van der Waals surface area contributed by atoms with Gasteiger partial charge in [-0.05, 0) is 12.2 Å². The van der Waals surface area contributed by atoms with Crippen molar-refractivity contribution in [3.8, 4) is 0 Å². The second-order valence-electron chi connectivity index (χ2n) is 1.81. The third-order valence-corrected chi connectivity index (χ3v) is 1.19. The Morgan fingerprint density at radius 2 is 1.50 bits per heavy atom. The van der Waals surface area contributed by atoms with Crippen molar-refractivity contribution in [2.45, 2.75) is 0 Å². The Hall–Kier alpha value is -1.51. The molecule has 3 heteroatoms. The number of aromatic nitrogens is 2. The summed E-state index contributed by atoms with van der Waals surface area (Å²) in [5, 5.41) is 0. The first-order valence-electron chi connectivity index (χ1n) is 2.85. The van der Waals surface area contributed by atoms with Crippen molar-refractivity contribution in [3.05, 3.63) is 35.0 Å². The molecule has 0 aliphatic carbocycles. The first kappa shape index (κ1) is 6.61. The molecular formula is C7H8N2O. The van der Waals surface area contributed by atoms with Crippen LogP contribution in [0.1, 0.15) is 11.4 Å². The molecule has 1 aromatic rings. The predicted molar refractivity (Wildman–Crippen MR) is 41.6 cm³/mol. The average molecular weight is 136 g/mol. The lowest BCUT2D eigenvalue weighted by Crippen LogP contribution is -2.00. The summed E-state index contributed by atoms with van der Waals surface area (Å²) >= 11 is 0. The van der Waals surface area contributed by atoms with E-state index >= 15 is 0 Å². The lowest BCUT2D eigenvalue weighted by atomic mass is 10.3. The molecule has 1 rings (SSSR count). The molecule has 1 aromatic heterocycles. The van der Waals surface area contributed by atoms with E-state index in [1.165, 1.54) is 0 Å². The van der Waals surface area contributed by atoms with Crippen LogP contribution in [0.2, 0.25) is 0 Å². The highest BCUT2D eigenvalue weighted by Gasteiger charge is 1.96. The van der Waals surface area contributed by atoms with E-state index in [0.29, 0.717) is 11.4 Å². The minimum atomic E-state index is -0.232. The van der Waals surface area contributed by atoms with E-state index in [1.54, 1.807) is 12.2 Å². The van der Waals surface area contributed by atoms with Gasteiger partial charge in [0.2, 0.25) is 0 Å². The van der Waals surface area contributed by atoms with E-state index in [0.717, 1.165) is 0 Å². The number of hydrogen-bond acceptors (Lipinski definition) is 1. The molecule has 0 spiro atoms. The largest absolute Gasteiger partial charge is 0.323 e. The van der Waals surface area contributed by atoms with E-state index in [-0.39, 0.29) is 5.69 Å². The van der Waals surface area contributed by atoms with Gasteiger partial charge in [-0.3, -0.25) is 0 Å². The van der Waals surface area contributed by atoms with Crippen molar-refractivity contribution in [1.82, 2.24) is 9.97 Å². The zero-order chi connectivity index (χ0) is 7.56. The molecule has 2 N–H and O–H groups in total. The van der Waals surface area contributed by atoms with Crippen LogP contribution in [-0.4, -0.2) is 9.97 Å². The lowest BCUT2D eigenvalue weighted by molar-refractivity contribution is 1.18. The smallest absolute Gasteiger partial charge is 0.306 e. The van der Waals surface area contributed by atoms with Crippen LogP contribution in [0, 0.1) is 0 Å². The Balaban J connectivity index is 3.33. The van der Waals surface area contributed by atoms with Gasteiger partial charge >= 0.3 is 5.69 Å². The Labute approximate surface area is 58.1 Å². The summed E-state index contributed by atoms with van der Waals surface area (Å²) in [6.07, 6.45) is 3.13. The standard InChI is InChI=1S/C7H8N2O/c1-3-5-6(4-2)9-7(10)8-5/h3-4H,1-2H2,(H2,8,9,10). The molecule has 0 saturated carbocycles. The van der Waals surface area contributed by atoms with E-state index in [9.17, 15) is 4.79 Å². The number of imidazole rings is 1. The first-order valence-corrected chi connectivity index (χ1v) is 2.85. The van der Waals surface area contributed by atoms with Crippen molar-refractivity contribution < 1.29 is 0 Å². The molecule has 0 aliphatic heterocycles. The molecule has 0 bridgehead atoms. The molecule has 0 atom stereocenters. The third kappa shape index (κ3) is 0.932. The molecule has 0 aliphatic rings. The predicted octanol–water partition coefficient (Wildman–Crippen LogP) is 0.989. The minimum absolute atomic E-state index is 0.232. The Morgan fingerprint density at radius 1 is 1.10 bits per heavy atom. The quantitative estimate of drug-likeness (QED) is 0.625. The van der Waals surface area contributed by atoms with E-state index in [4.69, 9.17) is 0 Å². The van der Waals surface area contributed by atoms with Crippen LogP contribution in [0.25, 0.3) is 12.2 Å². The zero-order valence-electron chi connectivity index (χ0n) is 5.48. The van der Waals surface area contributed by atoms with Crippen LogP contribution in [0.4, 0.5) is 0 Å². The highest BCUT2D eigenvalue weighted by atomic mass is 16.1. The summed E-state index contributed by atoms with van der Waals surface area (Å²) in [5.74, 6) is 0. The van der Waals surface area contributed by atoms with Gasteiger partial charge in [0.05, 0.1) is 11.4 Å². The average Bonchev–Trinajstić information content (AvgIpc) is 2.30. The van der Waals surface area contributed by atoms with Crippen molar-refractivity contribution >= 4 is 12.2 Å². The van der Waals surface area contributed by atoms with Crippen molar-refractivity contribution in [1.29, 1.82) is 0 Å². The normalized spacial score (nSPS) is 9.20. The van der Waals surface area contributed by atoms with Crippen LogP contribution < -0.4 is 5.69 Å². The second-order valence-corrected chi connectivity index (χ2v) is 1.81. The van der Waals surface area contributed by atoms with Gasteiger partial charge in [-0.1, -0.05) is 13.2 Å². The molecule has 0 unspecified atom stereocenters. The van der Waals surface area contributed by atoms with Crippen molar-refractivity contribution in [2.75, 3.05) is 0 Å². The fourth-order valence-electron chi connectivity index (χ4n) is 0.733. The van der Waals surface area contributed by atoms with Crippen LogP contribution in [0.3, 0.4) is 0 Å². The van der Waals surface area contributed by atoms with Crippen molar-refractivity contribution in [2.24, 2.45) is 0 Å². The van der Waals surface area contributed by atoms with Gasteiger partial charge in [0.25, 0.3) is 0 Å². The fourth-order valence-corrected chi connectivity index (χ4v) is 0.733. The first-order chi connectivity index (χ1) is 4.77. The second kappa shape index (κ2) is 2.39. The Bertz CT molecular complexity index is 277. The summed E-state index contributed by atoms with van der Waals surface area (Å²) in [7, 11) is 0. The summed E-state index contributed by atoms with van der Waals surface area (Å²) in [6, 6.07) is 0. The Morgan fingerprint density at radius 3 is 1.80 bits per heavy atom. The molecule has 0 fully saturated rings. The van der Waals surface area contributed by atoms with Gasteiger partial charge in [0, 0.05) is 0 Å². The molecule has 1 heterocycles. The van der Waals surface area contributed by atoms with Crippen LogP contribution >= 0.6 is 0 Å². The van der Waals surface area contributed by atoms with E-state index < -0.39 is 0 Å². The molecule has 10 heavy (non-hydrogen) atoms. The number of aromatic amines is 2. The van der Waals surface area contributed by atoms with Gasteiger partial charge in [-0.25, -0.2) is 4.79 Å². The SMILES string of the molecule is C=Cc1[nH]c(=O)[nH]c1C=C. The number of H-pyrrole nitrogens is 2. The fraction of sp³-hybridized carbons (Fsp3) is 0. The number of nitrogens with one attached hydrogen (secondary N) is 2. The summed E-state index contributed by atoms with van der Waals surface area (Å²) < 4.78 is 0. The molecule has 3 nitrogen and oxygen atoms in total. The van der Waals surface area contributed by atoms with Gasteiger partial charge in [0.1, 0.15) is 0 Å². The van der Waals surface area contributed by atoms with Gasteiger partial charge < -0.3 is 9.97 Å². The maximum atomic E-state index is 10.6. The molecule has 52 valence electrons. The van der Waals surface area contributed by atoms with E-state index in [1.807, 2.05) is 0 Å². The summed E-state index contributed by atoms with van der Waals surface area (Å²) in [6.45, 7) is 7.03. The van der Waals surface area contributed by atoms with Crippen LogP contribution in [0.5, 0.6) is 0 Å². The monoisotopic (exact) mass is 136 g/mol. The maximum Gasteiger partial charge on any atom is 0.323 e. The van der Waals surface area contributed by atoms with E-state index in [2.05, 4.69) is 23.1 Å². The zero-order valence-corrected chi connectivity index (χ0v) is 5.48. The van der Waals surface area contributed by atoms with Crippen LogP contribution in [0.15, 0.2) is 18.0 Å². The summed E-state index contributed by atoms with van der Waals surface area (Å²) in [4.78, 5) is 15.7. The molecular weight excluding hydrogens is 128 g/mol. The number of hydrogen-bond donors (Lipinski definition) is 2. The third-order valence-electron chi connectivity index (χ3n) is 1.19. The highest BCUT2D eigenvalue weighted by molar-refractivity contribution is 5.56. The topological polar surface area (TPSA) is 48.6 Å². The number of rotatable bonds is 2.